The molecule has 0 saturated heterocycles. The minimum absolute atomic E-state index is 0.0556. The Morgan fingerprint density at radius 2 is 1.44 bits per heavy atom. The molecule has 0 unspecified atom stereocenters. The SMILES string of the molecule is O=C(c1ccccc1)[C@H](Cc1ccccc1)[C@@H](O)c1ccc([N+](=O)[O-])cc1. The fourth-order valence-corrected chi connectivity index (χ4v) is 3.06. The zero-order valence-electron chi connectivity index (χ0n) is 14.6. The van der Waals surface area contributed by atoms with Crippen molar-refractivity contribution in [1.29, 1.82) is 0 Å². The van der Waals surface area contributed by atoms with E-state index < -0.39 is 16.9 Å². The number of carbonyl (C=O) groups excluding carboxylic acids is 1. The molecule has 0 amide bonds. The highest BCUT2D eigenvalue weighted by Crippen LogP contribution is 2.29. The number of benzene rings is 3. The number of nitro benzene ring substituents is 1. The second-order valence-electron chi connectivity index (χ2n) is 6.32. The van der Waals surface area contributed by atoms with Gasteiger partial charge in [-0.05, 0) is 29.7 Å². The van der Waals surface area contributed by atoms with Crippen molar-refractivity contribution in [2.45, 2.75) is 12.5 Å². The molecule has 0 heterocycles. The van der Waals surface area contributed by atoms with Crippen LogP contribution in [0.5, 0.6) is 0 Å². The lowest BCUT2D eigenvalue weighted by Gasteiger charge is -2.22. The number of rotatable bonds is 7. The molecule has 0 fully saturated rings. The molecule has 0 aliphatic rings. The van der Waals surface area contributed by atoms with Crippen molar-refractivity contribution in [1.82, 2.24) is 0 Å². The highest BCUT2D eigenvalue weighted by molar-refractivity contribution is 5.98. The van der Waals surface area contributed by atoms with Crippen molar-refractivity contribution in [3.05, 3.63) is 112 Å². The van der Waals surface area contributed by atoms with Crippen molar-refractivity contribution in [3.63, 3.8) is 0 Å². The monoisotopic (exact) mass is 361 g/mol. The smallest absolute Gasteiger partial charge is 0.269 e. The molecule has 5 heteroatoms. The van der Waals surface area contributed by atoms with Crippen molar-refractivity contribution < 1.29 is 14.8 Å². The first-order valence-corrected chi connectivity index (χ1v) is 8.62. The summed E-state index contributed by atoms with van der Waals surface area (Å²) >= 11 is 0. The average Bonchev–Trinajstić information content (AvgIpc) is 2.72. The van der Waals surface area contributed by atoms with Gasteiger partial charge in [0.1, 0.15) is 0 Å². The minimum atomic E-state index is -1.07. The largest absolute Gasteiger partial charge is 0.388 e. The molecular formula is C22H19NO4. The Morgan fingerprint density at radius 1 is 0.889 bits per heavy atom. The number of nitrogens with zero attached hydrogens (tertiary/aromatic N) is 1. The van der Waals surface area contributed by atoms with Gasteiger partial charge in [-0.2, -0.15) is 0 Å². The molecular weight excluding hydrogens is 342 g/mol. The Kier molecular flexibility index (Phi) is 5.74. The van der Waals surface area contributed by atoms with Crippen LogP contribution in [-0.4, -0.2) is 15.8 Å². The normalized spacial score (nSPS) is 12.9. The number of aliphatic hydroxyl groups excluding tert-OH is 1. The van der Waals surface area contributed by atoms with Gasteiger partial charge in [0.2, 0.25) is 0 Å². The number of nitro groups is 1. The maximum absolute atomic E-state index is 13.1. The van der Waals surface area contributed by atoms with Crippen LogP contribution in [0.25, 0.3) is 0 Å². The van der Waals surface area contributed by atoms with Gasteiger partial charge >= 0.3 is 0 Å². The van der Waals surface area contributed by atoms with Gasteiger partial charge in [-0.1, -0.05) is 60.7 Å². The number of aliphatic hydroxyl groups is 1. The summed E-state index contributed by atoms with van der Waals surface area (Å²) in [5.74, 6) is -0.860. The summed E-state index contributed by atoms with van der Waals surface area (Å²) < 4.78 is 0. The summed E-state index contributed by atoms with van der Waals surface area (Å²) in [6.45, 7) is 0. The van der Waals surface area contributed by atoms with E-state index in [9.17, 15) is 20.0 Å². The average molecular weight is 361 g/mol. The Hall–Kier alpha value is -3.31. The second-order valence-corrected chi connectivity index (χ2v) is 6.32. The topological polar surface area (TPSA) is 80.4 Å². The van der Waals surface area contributed by atoms with Crippen LogP contribution in [0.15, 0.2) is 84.9 Å². The number of hydrogen-bond acceptors (Lipinski definition) is 4. The van der Waals surface area contributed by atoms with E-state index in [2.05, 4.69) is 0 Å². The van der Waals surface area contributed by atoms with Crippen LogP contribution in [0.3, 0.4) is 0 Å². The zero-order valence-corrected chi connectivity index (χ0v) is 14.6. The van der Waals surface area contributed by atoms with Crippen LogP contribution in [0.4, 0.5) is 5.69 Å². The van der Waals surface area contributed by atoms with Gasteiger partial charge < -0.3 is 5.11 Å². The lowest BCUT2D eigenvalue weighted by molar-refractivity contribution is -0.384. The molecule has 0 aliphatic carbocycles. The van der Waals surface area contributed by atoms with Crippen LogP contribution in [0.2, 0.25) is 0 Å². The molecule has 5 nitrogen and oxygen atoms in total. The summed E-state index contributed by atoms with van der Waals surface area (Å²) in [5.41, 5.74) is 1.89. The van der Waals surface area contributed by atoms with Crippen LogP contribution in [0, 0.1) is 16.0 Å². The minimum Gasteiger partial charge on any atom is -0.388 e. The third-order valence-electron chi connectivity index (χ3n) is 4.52. The first-order valence-electron chi connectivity index (χ1n) is 8.62. The highest BCUT2D eigenvalue weighted by atomic mass is 16.6. The fraction of sp³-hybridized carbons (Fsp3) is 0.136. The van der Waals surface area contributed by atoms with Crippen LogP contribution < -0.4 is 0 Å². The number of non-ortho nitro benzene ring substituents is 1. The molecule has 0 spiro atoms. The third kappa shape index (κ3) is 4.46. The van der Waals surface area contributed by atoms with Gasteiger partial charge in [0.05, 0.1) is 16.9 Å². The van der Waals surface area contributed by atoms with Crippen LogP contribution >= 0.6 is 0 Å². The maximum atomic E-state index is 13.1. The number of ketones is 1. The summed E-state index contributed by atoms with van der Waals surface area (Å²) in [6, 6.07) is 24.0. The Morgan fingerprint density at radius 3 is 2.00 bits per heavy atom. The molecule has 2 atom stereocenters. The standard InChI is InChI=1S/C22H19NO4/c24-21(17-9-5-2-6-10-17)20(15-16-7-3-1-4-8-16)22(25)18-11-13-19(14-12-18)23(26)27/h1-14,20,22,25H,15H2/t20-,22-/m0/s1. The van der Waals surface area contributed by atoms with Gasteiger partial charge in [-0.15, -0.1) is 0 Å². The van der Waals surface area contributed by atoms with Gasteiger partial charge in [0.15, 0.2) is 5.78 Å². The predicted molar refractivity (Wildman–Crippen MR) is 102 cm³/mol. The molecule has 0 bridgehead atoms. The Bertz CT molecular complexity index is 908. The second kappa shape index (κ2) is 8.38. The molecule has 0 aliphatic heterocycles. The van der Waals surface area contributed by atoms with E-state index in [0.717, 1.165) is 5.56 Å². The van der Waals surface area contributed by atoms with Gasteiger partial charge in [0.25, 0.3) is 5.69 Å². The summed E-state index contributed by atoms with van der Waals surface area (Å²) in [6.07, 6.45) is -0.703. The van der Waals surface area contributed by atoms with Gasteiger partial charge in [-0.3, -0.25) is 14.9 Å². The van der Waals surface area contributed by atoms with E-state index >= 15 is 0 Å². The van der Waals surface area contributed by atoms with Gasteiger partial charge in [0, 0.05) is 17.7 Å². The highest BCUT2D eigenvalue weighted by Gasteiger charge is 2.29. The van der Waals surface area contributed by atoms with E-state index in [1.54, 1.807) is 24.3 Å². The lowest BCUT2D eigenvalue weighted by Crippen LogP contribution is -2.25. The zero-order chi connectivity index (χ0) is 19.2. The van der Waals surface area contributed by atoms with Crippen LogP contribution in [-0.2, 0) is 6.42 Å². The number of carbonyl (C=O) groups is 1. The molecule has 0 saturated carbocycles. The maximum Gasteiger partial charge on any atom is 0.269 e. The summed E-state index contributed by atoms with van der Waals surface area (Å²) in [7, 11) is 0. The molecule has 136 valence electrons. The predicted octanol–water partition coefficient (Wildman–Crippen LogP) is 4.37. The molecule has 27 heavy (non-hydrogen) atoms. The van der Waals surface area contributed by atoms with E-state index in [1.807, 2.05) is 36.4 Å². The molecule has 0 aromatic heterocycles. The first-order chi connectivity index (χ1) is 13.1. The fourth-order valence-electron chi connectivity index (χ4n) is 3.06. The molecule has 3 aromatic carbocycles. The molecule has 3 aromatic rings. The van der Waals surface area contributed by atoms with Crippen molar-refractivity contribution >= 4 is 11.5 Å². The summed E-state index contributed by atoms with van der Waals surface area (Å²) in [4.78, 5) is 23.4. The number of hydrogen-bond donors (Lipinski definition) is 1. The van der Waals surface area contributed by atoms with E-state index in [1.165, 1.54) is 24.3 Å². The lowest BCUT2D eigenvalue weighted by atomic mass is 9.84. The Balaban J connectivity index is 1.92. The molecule has 0 radical (unpaired) electrons. The Labute approximate surface area is 157 Å². The summed E-state index contributed by atoms with van der Waals surface area (Å²) in [5, 5.41) is 21.8. The van der Waals surface area contributed by atoms with E-state index in [-0.39, 0.29) is 11.5 Å². The van der Waals surface area contributed by atoms with Crippen molar-refractivity contribution in [2.24, 2.45) is 5.92 Å². The molecule has 1 N–H and O–H groups in total. The van der Waals surface area contributed by atoms with E-state index in [0.29, 0.717) is 17.5 Å². The third-order valence-corrected chi connectivity index (χ3v) is 4.52. The van der Waals surface area contributed by atoms with Crippen LogP contribution in [0.1, 0.15) is 27.6 Å². The number of Topliss-reactive ketones (excluding diaryl/α,β-unsaturated/α-hetero) is 1. The first kappa shape index (κ1) is 18.5. The molecule has 3 rings (SSSR count). The van der Waals surface area contributed by atoms with E-state index in [4.69, 9.17) is 0 Å². The van der Waals surface area contributed by atoms with Crippen molar-refractivity contribution in [3.8, 4) is 0 Å². The quantitative estimate of drug-likeness (QED) is 0.385. The van der Waals surface area contributed by atoms with Gasteiger partial charge in [-0.25, -0.2) is 0 Å². The van der Waals surface area contributed by atoms with Crippen molar-refractivity contribution in [2.75, 3.05) is 0 Å².